The number of hydrogen-bond donors (Lipinski definition) is 2. The molecule has 68 valence electrons. The van der Waals surface area contributed by atoms with Crippen LogP contribution in [0.25, 0.3) is 6.08 Å². The van der Waals surface area contributed by atoms with Crippen molar-refractivity contribution in [3.05, 3.63) is 35.4 Å². The molecule has 0 aliphatic carbocycles. The molecule has 0 unspecified atom stereocenters. The molecule has 0 heterocycles. The molecule has 0 bridgehead atoms. The van der Waals surface area contributed by atoms with E-state index in [0.717, 1.165) is 5.56 Å². The van der Waals surface area contributed by atoms with Crippen molar-refractivity contribution in [3.8, 4) is 0 Å². The van der Waals surface area contributed by atoms with Gasteiger partial charge in [-0.3, -0.25) is 4.79 Å². The highest BCUT2D eigenvalue weighted by Crippen LogP contribution is 2.14. The minimum absolute atomic E-state index is 0.428. The number of nitrogen functional groups attached to an aromatic ring is 1. The Morgan fingerprint density at radius 2 is 2.00 bits per heavy atom. The molecular weight excluding hydrogens is 164 g/mol. The number of primary amides is 1. The fourth-order valence-electron chi connectivity index (χ4n) is 0.947. The lowest BCUT2D eigenvalue weighted by molar-refractivity contribution is -0.114. The number of hydrogen-bond acceptors (Lipinski definition) is 2. The van der Waals surface area contributed by atoms with Gasteiger partial charge in [0.15, 0.2) is 0 Å². The predicted octanol–water partition coefficient (Wildman–Crippen LogP) is 1.16. The molecule has 0 aliphatic rings. The first-order valence-corrected chi connectivity index (χ1v) is 3.94. The van der Waals surface area contributed by atoms with Crippen LogP contribution in [-0.4, -0.2) is 5.91 Å². The highest BCUT2D eigenvalue weighted by Gasteiger charge is 1.99. The maximum Gasteiger partial charge on any atom is 0.244 e. The third kappa shape index (κ3) is 2.33. The van der Waals surface area contributed by atoms with Gasteiger partial charge < -0.3 is 11.5 Å². The summed E-state index contributed by atoms with van der Waals surface area (Å²) < 4.78 is 0. The summed E-state index contributed by atoms with van der Waals surface area (Å²) in [5.74, 6) is -0.428. The molecule has 0 saturated heterocycles. The van der Waals surface area contributed by atoms with E-state index >= 15 is 0 Å². The molecule has 3 heteroatoms. The number of nitrogens with two attached hydrogens (primary N) is 2. The van der Waals surface area contributed by atoms with Gasteiger partial charge >= 0.3 is 0 Å². The minimum atomic E-state index is -0.428. The molecule has 0 spiro atoms. The third-order valence-electron chi connectivity index (χ3n) is 1.76. The van der Waals surface area contributed by atoms with Crippen LogP contribution in [0.1, 0.15) is 12.5 Å². The van der Waals surface area contributed by atoms with Gasteiger partial charge in [0.1, 0.15) is 0 Å². The van der Waals surface area contributed by atoms with Crippen molar-refractivity contribution < 1.29 is 4.79 Å². The average Bonchev–Trinajstić information content (AvgIpc) is 2.08. The van der Waals surface area contributed by atoms with Crippen molar-refractivity contribution in [1.82, 2.24) is 0 Å². The summed E-state index contributed by atoms with van der Waals surface area (Å²) >= 11 is 0. The zero-order valence-corrected chi connectivity index (χ0v) is 7.45. The molecule has 0 aromatic heterocycles. The molecule has 0 fully saturated rings. The second-order valence-corrected chi connectivity index (χ2v) is 2.82. The number of para-hydroxylation sites is 1. The van der Waals surface area contributed by atoms with Crippen LogP contribution in [0.4, 0.5) is 5.69 Å². The van der Waals surface area contributed by atoms with E-state index in [1.165, 1.54) is 0 Å². The van der Waals surface area contributed by atoms with E-state index in [4.69, 9.17) is 11.5 Å². The molecule has 3 nitrogen and oxygen atoms in total. The van der Waals surface area contributed by atoms with Crippen LogP contribution in [0.15, 0.2) is 29.8 Å². The Morgan fingerprint density at radius 1 is 1.38 bits per heavy atom. The molecule has 4 N–H and O–H groups in total. The molecular formula is C10H12N2O. The highest BCUT2D eigenvalue weighted by atomic mass is 16.1. The van der Waals surface area contributed by atoms with Crippen LogP contribution < -0.4 is 11.5 Å². The lowest BCUT2D eigenvalue weighted by Gasteiger charge is -2.00. The van der Waals surface area contributed by atoms with Gasteiger partial charge in [-0.25, -0.2) is 0 Å². The summed E-state index contributed by atoms with van der Waals surface area (Å²) in [5, 5.41) is 0. The molecule has 1 amide bonds. The maximum atomic E-state index is 10.7. The molecule has 0 atom stereocenters. The fourth-order valence-corrected chi connectivity index (χ4v) is 0.947. The number of carbonyl (C=O) groups excluding carboxylic acids is 1. The Hall–Kier alpha value is -1.77. The van der Waals surface area contributed by atoms with Gasteiger partial charge in [-0.1, -0.05) is 18.2 Å². The Kier molecular flexibility index (Phi) is 2.69. The first-order chi connectivity index (χ1) is 6.11. The molecule has 0 aliphatic heterocycles. The van der Waals surface area contributed by atoms with Gasteiger partial charge in [0.25, 0.3) is 0 Å². The normalized spacial score (nSPS) is 11.3. The van der Waals surface area contributed by atoms with E-state index in [9.17, 15) is 4.79 Å². The molecule has 1 aromatic rings. The minimum Gasteiger partial charge on any atom is -0.398 e. The lowest BCUT2D eigenvalue weighted by Crippen LogP contribution is -2.11. The first-order valence-electron chi connectivity index (χ1n) is 3.94. The number of rotatable bonds is 2. The van der Waals surface area contributed by atoms with Crippen molar-refractivity contribution in [1.29, 1.82) is 0 Å². The Balaban J connectivity index is 3.04. The first kappa shape index (κ1) is 9.32. The monoisotopic (exact) mass is 176 g/mol. The summed E-state index contributed by atoms with van der Waals surface area (Å²) in [7, 11) is 0. The van der Waals surface area contributed by atoms with Crippen molar-refractivity contribution in [2.45, 2.75) is 6.92 Å². The highest BCUT2D eigenvalue weighted by molar-refractivity contribution is 5.96. The summed E-state index contributed by atoms with van der Waals surface area (Å²) in [5.41, 5.74) is 12.7. The Bertz CT molecular complexity index is 356. The topological polar surface area (TPSA) is 69.1 Å². The van der Waals surface area contributed by atoms with E-state index < -0.39 is 5.91 Å². The van der Waals surface area contributed by atoms with E-state index in [1.807, 2.05) is 18.2 Å². The molecule has 1 rings (SSSR count). The second-order valence-electron chi connectivity index (χ2n) is 2.82. The summed E-state index contributed by atoms with van der Waals surface area (Å²) in [6.07, 6.45) is 1.68. The average molecular weight is 176 g/mol. The smallest absolute Gasteiger partial charge is 0.244 e. The summed E-state index contributed by atoms with van der Waals surface area (Å²) in [4.78, 5) is 10.7. The maximum absolute atomic E-state index is 10.7. The van der Waals surface area contributed by atoms with E-state index in [0.29, 0.717) is 11.3 Å². The largest absolute Gasteiger partial charge is 0.398 e. The Labute approximate surface area is 77.0 Å². The van der Waals surface area contributed by atoms with Crippen molar-refractivity contribution in [2.75, 3.05) is 5.73 Å². The standard InChI is InChI=1S/C10H12N2O/c1-7(10(12)13)6-8-4-2-3-5-9(8)11/h2-6H,11H2,1H3,(H2,12,13). The lowest BCUT2D eigenvalue weighted by atomic mass is 10.1. The van der Waals surface area contributed by atoms with Crippen LogP contribution in [0.5, 0.6) is 0 Å². The summed E-state index contributed by atoms with van der Waals surface area (Å²) in [6, 6.07) is 7.31. The van der Waals surface area contributed by atoms with Crippen LogP contribution in [-0.2, 0) is 4.79 Å². The number of benzene rings is 1. The van der Waals surface area contributed by atoms with Crippen LogP contribution in [0.3, 0.4) is 0 Å². The van der Waals surface area contributed by atoms with Gasteiger partial charge in [0.05, 0.1) is 0 Å². The number of amides is 1. The van der Waals surface area contributed by atoms with Gasteiger partial charge in [-0.15, -0.1) is 0 Å². The van der Waals surface area contributed by atoms with Crippen LogP contribution in [0.2, 0.25) is 0 Å². The summed E-state index contributed by atoms with van der Waals surface area (Å²) in [6.45, 7) is 1.66. The van der Waals surface area contributed by atoms with Gasteiger partial charge in [0, 0.05) is 11.3 Å². The van der Waals surface area contributed by atoms with E-state index in [1.54, 1.807) is 19.1 Å². The second kappa shape index (κ2) is 3.76. The number of carbonyl (C=O) groups is 1. The Morgan fingerprint density at radius 3 is 2.54 bits per heavy atom. The van der Waals surface area contributed by atoms with Gasteiger partial charge in [-0.2, -0.15) is 0 Å². The zero-order chi connectivity index (χ0) is 9.84. The molecule has 0 saturated carbocycles. The zero-order valence-electron chi connectivity index (χ0n) is 7.45. The van der Waals surface area contributed by atoms with Crippen molar-refractivity contribution >= 4 is 17.7 Å². The van der Waals surface area contributed by atoms with E-state index in [-0.39, 0.29) is 0 Å². The molecule has 1 aromatic carbocycles. The predicted molar refractivity (Wildman–Crippen MR) is 53.7 cm³/mol. The number of anilines is 1. The quantitative estimate of drug-likeness (QED) is 0.524. The van der Waals surface area contributed by atoms with Crippen molar-refractivity contribution in [3.63, 3.8) is 0 Å². The third-order valence-corrected chi connectivity index (χ3v) is 1.76. The van der Waals surface area contributed by atoms with E-state index in [2.05, 4.69) is 0 Å². The van der Waals surface area contributed by atoms with Gasteiger partial charge in [0.2, 0.25) is 5.91 Å². The fraction of sp³-hybridized carbons (Fsp3) is 0.100. The van der Waals surface area contributed by atoms with Crippen LogP contribution in [0, 0.1) is 0 Å². The van der Waals surface area contributed by atoms with Gasteiger partial charge in [-0.05, 0) is 24.6 Å². The SMILES string of the molecule is CC(=Cc1ccccc1N)C(N)=O. The molecule has 13 heavy (non-hydrogen) atoms. The molecule has 0 radical (unpaired) electrons. The van der Waals surface area contributed by atoms with Crippen molar-refractivity contribution in [2.24, 2.45) is 5.73 Å². The van der Waals surface area contributed by atoms with Crippen LogP contribution >= 0.6 is 0 Å².